The maximum absolute atomic E-state index is 11.9. The molecule has 0 radical (unpaired) electrons. The molecule has 6 nitrogen and oxygen atoms in total. The van der Waals surface area contributed by atoms with Gasteiger partial charge in [-0.15, -0.1) is 0 Å². The van der Waals surface area contributed by atoms with Gasteiger partial charge in [0.25, 0.3) is 5.91 Å². The van der Waals surface area contributed by atoms with Crippen LogP contribution < -0.4 is 5.32 Å². The van der Waals surface area contributed by atoms with E-state index in [4.69, 9.17) is 0 Å². The molecule has 0 unspecified atom stereocenters. The summed E-state index contributed by atoms with van der Waals surface area (Å²) in [5.74, 6) is -0.101. The van der Waals surface area contributed by atoms with Crippen LogP contribution in [0.1, 0.15) is 28.5 Å². The van der Waals surface area contributed by atoms with Crippen molar-refractivity contribution in [3.05, 3.63) is 35.4 Å². The predicted octanol–water partition coefficient (Wildman–Crippen LogP) is 0.636. The quantitative estimate of drug-likeness (QED) is 0.813. The molecule has 2 aromatic rings. The number of H-pyrrole nitrogens is 1. The number of nitrogens with zero attached hydrogens (tertiary/aromatic N) is 3. The van der Waals surface area contributed by atoms with E-state index < -0.39 is 0 Å². The van der Waals surface area contributed by atoms with Crippen LogP contribution in [0, 0.1) is 0 Å². The fraction of sp³-hybridized carbons (Fsp3) is 0.364. The van der Waals surface area contributed by atoms with Crippen LogP contribution >= 0.6 is 0 Å². The van der Waals surface area contributed by atoms with Crippen LogP contribution in [0.2, 0.25) is 0 Å². The first-order chi connectivity index (χ1) is 8.20. The predicted molar refractivity (Wildman–Crippen MR) is 62.3 cm³/mol. The van der Waals surface area contributed by atoms with E-state index >= 15 is 0 Å². The lowest BCUT2D eigenvalue weighted by Crippen LogP contribution is -2.23. The van der Waals surface area contributed by atoms with Gasteiger partial charge in [-0.3, -0.25) is 14.6 Å². The van der Waals surface area contributed by atoms with Crippen molar-refractivity contribution in [2.24, 2.45) is 7.05 Å². The summed E-state index contributed by atoms with van der Waals surface area (Å²) in [6.07, 6.45) is 5.92. The highest BCUT2D eigenvalue weighted by atomic mass is 16.1. The molecule has 90 valence electrons. The van der Waals surface area contributed by atoms with Crippen molar-refractivity contribution >= 4 is 5.91 Å². The zero-order valence-electron chi connectivity index (χ0n) is 9.90. The molecule has 0 spiro atoms. The lowest BCUT2D eigenvalue weighted by Gasteiger charge is -2.02. The Labute approximate surface area is 99.0 Å². The maximum Gasteiger partial charge on any atom is 0.255 e. The fourth-order valence-corrected chi connectivity index (χ4v) is 1.64. The molecular weight excluding hydrogens is 218 g/mol. The first-order valence-electron chi connectivity index (χ1n) is 5.49. The zero-order valence-corrected chi connectivity index (χ0v) is 9.90. The second kappa shape index (κ2) is 4.82. The number of aromatic nitrogens is 4. The second-order valence-corrected chi connectivity index (χ2v) is 3.81. The molecule has 2 aromatic heterocycles. The highest BCUT2D eigenvalue weighted by molar-refractivity contribution is 5.95. The van der Waals surface area contributed by atoms with Crippen molar-refractivity contribution in [3.63, 3.8) is 0 Å². The monoisotopic (exact) mass is 233 g/mol. The normalized spacial score (nSPS) is 10.5. The van der Waals surface area contributed by atoms with E-state index in [2.05, 4.69) is 20.6 Å². The lowest BCUT2D eigenvalue weighted by atomic mass is 10.2. The first-order valence-corrected chi connectivity index (χ1v) is 5.49. The summed E-state index contributed by atoms with van der Waals surface area (Å²) in [6, 6.07) is 0. The van der Waals surface area contributed by atoms with Crippen LogP contribution in [0.3, 0.4) is 0 Å². The third kappa shape index (κ3) is 2.52. The van der Waals surface area contributed by atoms with Gasteiger partial charge >= 0.3 is 0 Å². The lowest BCUT2D eigenvalue weighted by molar-refractivity contribution is 0.0950. The van der Waals surface area contributed by atoms with Gasteiger partial charge in [-0.1, -0.05) is 6.92 Å². The average molecular weight is 233 g/mol. The number of nitrogens with one attached hydrogen (secondary N) is 2. The van der Waals surface area contributed by atoms with Gasteiger partial charge in [0.1, 0.15) is 0 Å². The molecule has 2 N–H and O–H groups in total. The number of aryl methyl sites for hydroxylation is 2. The molecule has 0 aromatic carbocycles. The molecule has 0 aliphatic carbocycles. The molecule has 17 heavy (non-hydrogen) atoms. The van der Waals surface area contributed by atoms with Gasteiger partial charge in [0, 0.05) is 31.5 Å². The van der Waals surface area contributed by atoms with Crippen LogP contribution in [0.25, 0.3) is 0 Å². The van der Waals surface area contributed by atoms with Crippen molar-refractivity contribution in [3.8, 4) is 0 Å². The minimum atomic E-state index is -0.101. The molecule has 0 saturated carbocycles. The van der Waals surface area contributed by atoms with Crippen molar-refractivity contribution in [1.82, 2.24) is 25.3 Å². The van der Waals surface area contributed by atoms with Crippen LogP contribution in [-0.4, -0.2) is 25.9 Å². The fourth-order valence-electron chi connectivity index (χ4n) is 1.64. The minimum absolute atomic E-state index is 0.101. The summed E-state index contributed by atoms with van der Waals surface area (Å²) in [4.78, 5) is 11.9. The van der Waals surface area contributed by atoms with E-state index in [1.54, 1.807) is 23.3 Å². The van der Waals surface area contributed by atoms with E-state index in [9.17, 15) is 4.79 Å². The van der Waals surface area contributed by atoms with Crippen molar-refractivity contribution < 1.29 is 4.79 Å². The van der Waals surface area contributed by atoms with Crippen molar-refractivity contribution in [1.29, 1.82) is 0 Å². The van der Waals surface area contributed by atoms with E-state index in [1.807, 2.05) is 14.0 Å². The van der Waals surface area contributed by atoms with Gasteiger partial charge in [0.2, 0.25) is 0 Å². The van der Waals surface area contributed by atoms with E-state index in [-0.39, 0.29) is 5.91 Å². The summed E-state index contributed by atoms with van der Waals surface area (Å²) in [5, 5.41) is 13.6. The molecule has 0 bridgehead atoms. The number of rotatable bonds is 4. The van der Waals surface area contributed by atoms with Gasteiger partial charge in [-0.05, 0) is 6.42 Å². The van der Waals surface area contributed by atoms with Crippen molar-refractivity contribution in [2.45, 2.75) is 19.9 Å². The first kappa shape index (κ1) is 11.4. The second-order valence-electron chi connectivity index (χ2n) is 3.81. The number of amides is 1. The summed E-state index contributed by atoms with van der Waals surface area (Å²) < 4.78 is 1.66. The van der Waals surface area contributed by atoms with Crippen LogP contribution in [0.15, 0.2) is 18.6 Å². The van der Waals surface area contributed by atoms with Gasteiger partial charge < -0.3 is 5.32 Å². The number of carbonyl (C=O) groups is 1. The number of carbonyl (C=O) groups excluding carboxylic acids is 1. The molecule has 0 aliphatic heterocycles. The summed E-state index contributed by atoms with van der Waals surface area (Å²) in [6.45, 7) is 2.45. The molecule has 6 heteroatoms. The maximum atomic E-state index is 11.9. The van der Waals surface area contributed by atoms with Crippen LogP contribution in [0.4, 0.5) is 0 Å². The number of hydrogen-bond acceptors (Lipinski definition) is 3. The average Bonchev–Trinajstić information content (AvgIpc) is 2.94. The van der Waals surface area contributed by atoms with Gasteiger partial charge in [0.05, 0.1) is 17.5 Å². The Balaban J connectivity index is 2.04. The third-order valence-electron chi connectivity index (χ3n) is 2.49. The Morgan fingerprint density at radius 1 is 1.59 bits per heavy atom. The summed E-state index contributed by atoms with van der Waals surface area (Å²) in [7, 11) is 1.81. The molecule has 0 atom stereocenters. The van der Waals surface area contributed by atoms with Crippen molar-refractivity contribution in [2.75, 3.05) is 0 Å². The molecule has 0 aliphatic rings. The minimum Gasteiger partial charge on any atom is -0.348 e. The molecule has 0 fully saturated rings. The standard InChI is InChI=1S/C11H15N5O/c1-3-10-9(7-16(2)15-10)11(17)12-4-8-5-13-14-6-8/h5-7H,3-4H2,1-2H3,(H,12,17)(H,13,14). The molecular formula is C11H15N5O. The van der Waals surface area contributed by atoms with Gasteiger partial charge in [-0.25, -0.2) is 0 Å². The Bertz CT molecular complexity index is 500. The molecule has 2 rings (SSSR count). The Morgan fingerprint density at radius 3 is 3.06 bits per heavy atom. The Kier molecular flexibility index (Phi) is 3.22. The SMILES string of the molecule is CCc1nn(C)cc1C(=O)NCc1cn[nH]c1. The van der Waals surface area contributed by atoms with Gasteiger partial charge in [0.15, 0.2) is 0 Å². The smallest absolute Gasteiger partial charge is 0.255 e. The molecule has 1 amide bonds. The molecule has 2 heterocycles. The highest BCUT2D eigenvalue weighted by Crippen LogP contribution is 2.07. The topological polar surface area (TPSA) is 75.6 Å². The van der Waals surface area contributed by atoms with Gasteiger partial charge in [-0.2, -0.15) is 10.2 Å². The summed E-state index contributed by atoms with van der Waals surface area (Å²) >= 11 is 0. The molecule has 0 saturated heterocycles. The number of aromatic amines is 1. The summed E-state index contributed by atoms with van der Waals surface area (Å²) in [5.41, 5.74) is 2.40. The van der Waals surface area contributed by atoms with E-state index in [0.717, 1.165) is 17.7 Å². The van der Waals surface area contributed by atoms with Crippen LogP contribution in [-0.2, 0) is 20.0 Å². The Morgan fingerprint density at radius 2 is 2.41 bits per heavy atom. The van der Waals surface area contributed by atoms with E-state index in [0.29, 0.717) is 12.1 Å². The largest absolute Gasteiger partial charge is 0.348 e. The number of hydrogen-bond donors (Lipinski definition) is 2. The third-order valence-corrected chi connectivity index (χ3v) is 2.49. The Hall–Kier alpha value is -2.11. The highest BCUT2D eigenvalue weighted by Gasteiger charge is 2.13. The van der Waals surface area contributed by atoms with E-state index in [1.165, 1.54) is 0 Å². The van der Waals surface area contributed by atoms with Crippen LogP contribution in [0.5, 0.6) is 0 Å². The zero-order chi connectivity index (χ0) is 12.3.